The quantitative estimate of drug-likeness (QED) is 0.657. The zero-order valence-corrected chi connectivity index (χ0v) is 15.2. The second-order valence-corrected chi connectivity index (χ2v) is 6.59. The highest BCUT2D eigenvalue weighted by atomic mass is 19.4. The van der Waals surface area contributed by atoms with Crippen LogP contribution >= 0.6 is 0 Å². The first-order valence-electron chi connectivity index (χ1n) is 8.91. The van der Waals surface area contributed by atoms with Crippen LogP contribution in [0.5, 0.6) is 0 Å². The molecule has 2 unspecified atom stereocenters. The molecule has 0 aliphatic carbocycles. The molecule has 1 aromatic carbocycles. The fraction of sp³-hybridized carbons (Fsp3) is 0.556. The van der Waals surface area contributed by atoms with Crippen LogP contribution < -0.4 is 16.0 Å². The molecule has 9 heteroatoms. The van der Waals surface area contributed by atoms with Gasteiger partial charge in [0.1, 0.15) is 6.04 Å². The van der Waals surface area contributed by atoms with Gasteiger partial charge in [-0.1, -0.05) is 18.2 Å². The van der Waals surface area contributed by atoms with Crippen LogP contribution in [0.25, 0.3) is 0 Å². The van der Waals surface area contributed by atoms with Crippen molar-refractivity contribution in [3.05, 3.63) is 35.9 Å². The van der Waals surface area contributed by atoms with Crippen molar-refractivity contribution in [1.29, 1.82) is 0 Å². The molecule has 2 amide bonds. The van der Waals surface area contributed by atoms with Crippen molar-refractivity contribution in [3.63, 3.8) is 0 Å². The average molecular weight is 386 g/mol. The Morgan fingerprint density at radius 2 is 1.81 bits per heavy atom. The molecule has 0 aromatic heterocycles. The van der Waals surface area contributed by atoms with Crippen molar-refractivity contribution in [2.45, 2.75) is 31.6 Å². The van der Waals surface area contributed by atoms with Gasteiger partial charge in [0.2, 0.25) is 5.91 Å². The lowest BCUT2D eigenvalue weighted by molar-refractivity contribution is -0.184. The molecule has 2 rings (SSSR count). The summed E-state index contributed by atoms with van der Waals surface area (Å²) >= 11 is 0. The van der Waals surface area contributed by atoms with Crippen molar-refractivity contribution >= 4 is 11.8 Å². The second-order valence-electron chi connectivity index (χ2n) is 6.59. The zero-order chi connectivity index (χ0) is 19.9. The van der Waals surface area contributed by atoms with Crippen LogP contribution in [-0.4, -0.2) is 67.7 Å². The van der Waals surface area contributed by atoms with E-state index >= 15 is 0 Å². The summed E-state index contributed by atoms with van der Waals surface area (Å²) in [6.07, 6.45) is -4.51. The highest BCUT2D eigenvalue weighted by Crippen LogP contribution is 2.24. The van der Waals surface area contributed by atoms with Gasteiger partial charge in [0.25, 0.3) is 5.91 Å². The first kappa shape index (κ1) is 21.2. The monoisotopic (exact) mass is 386 g/mol. The number of carbonyl (C=O) groups is 2. The number of piperazine rings is 1. The lowest BCUT2D eigenvalue weighted by Crippen LogP contribution is -2.57. The number of nitrogens with zero attached hydrogens (tertiary/aromatic N) is 1. The molecule has 1 aliphatic rings. The number of alkyl halides is 3. The van der Waals surface area contributed by atoms with E-state index in [2.05, 4.69) is 16.0 Å². The lowest BCUT2D eigenvalue weighted by atomic mass is 10.1. The summed E-state index contributed by atoms with van der Waals surface area (Å²) < 4.78 is 39.9. The van der Waals surface area contributed by atoms with Crippen LogP contribution in [0, 0.1) is 0 Å². The predicted octanol–water partition coefficient (Wildman–Crippen LogP) is 1.15. The van der Waals surface area contributed by atoms with Gasteiger partial charge in [-0.2, -0.15) is 13.2 Å². The summed E-state index contributed by atoms with van der Waals surface area (Å²) in [7, 11) is 0. The fourth-order valence-corrected chi connectivity index (χ4v) is 2.95. The Bertz CT molecular complexity index is 619. The van der Waals surface area contributed by atoms with Gasteiger partial charge < -0.3 is 16.0 Å². The van der Waals surface area contributed by atoms with Crippen LogP contribution in [0.2, 0.25) is 0 Å². The van der Waals surface area contributed by atoms with Crippen LogP contribution in [0.1, 0.15) is 23.7 Å². The van der Waals surface area contributed by atoms with E-state index in [1.54, 1.807) is 37.3 Å². The fourth-order valence-electron chi connectivity index (χ4n) is 2.95. The van der Waals surface area contributed by atoms with Crippen molar-refractivity contribution in [1.82, 2.24) is 20.9 Å². The normalized spacial score (nSPS) is 17.8. The highest BCUT2D eigenvalue weighted by molar-refractivity contribution is 5.94. The van der Waals surface area contributed by atoms with Gasteiger partial charge in [-0.3, -0.25) is 14.5 Å². The summed E-state index contributed by atoms with van der Waals surface area (Å²) in [6.45, 7) is 2.68. The number of halogens is 3. The number of hydrogen-bond donors (Lipinski definition) is 3. The molecule has 150 valence electrons. The molecule has 2 atom stereocenters. The molecule has 0 saturated carbocycles. The number of benzene rings is 1. The minimum atomic E-state index is -4.42. The predicted molar refractivity (Wildman–Crippen MR) is 95.3 cm³/mol. The number of carbonyl (C=O) groups excluding carboxylic acids is 2. The molecule has 1 fully saturated rings. The van der Waals surface area contributed by atoms with Gasteiger partial charge in [0, 0.05) is 50.7 Å². The third-order valence-electron chi connectivity index (χ3n) is 4.37. The van der Waals surface area contributed by atoms with Crippen LogP contribution in [0.3, 0.4) is 0 Å². The van der Waals surface area contributed by atoms with E-state index in [1.807, 2.05) is 0 Å². The molecular formula is C18H25F3N4O2. The Morgan fingerprint density at radius 1 is 1.19 bits per heavy atom. The van der Waals surface area contributed by atoms with E-state index in [9.17, 15) is 22.8 Å². The molecule has 1 saturated heterocycles. The summed E-state index contributed by atoms with van der Waals surface area (Å²) in [4.78, 5) is 25.4. The Kier molecular flexibility index (Phi) is 7.61. The maximum atomic E-state index is 13.3. The smallest absolute Gasteiger partial charge is 0.354 e. The average Bonchev–Trinajstić information content (AvgIpc) is 2.62. The van der Waals surface area contributed by atoms with Crippen LogP contribution in [0.4, 0.5) is 13.2 Å². The molecule has 6 nitrogen and oxygen atoms in total. The first-order chi connectivity index (χ1) is 12.8. The van der Waals surface area contributed by atoms with E-state index in [4.69, 9.17) is 0 Å². The molecule has 1 heterocycles. The zero-order valence-electron chi connectivity index (χ0n) is 15.2. The molecular weight excluding hydrogens is 361 g/mol. The summed E-state index contributed by atoms with van der Waals surface area (Å²) in [5.41, 5.74) is 0.459. The molecule has 3 N–H and O–H groups in total. The molecule has 27 heavy (non-hydrogen) atoms. The standard InChI is InChI=1S/C18H25F3N4O2/c1-13(24-17(27)14-5-3-2-4-6-14)11-16(26)23-12-15(18(19,20)21)25-9-7-22-8-10-25/h2-6,13,15,22H,7-12H2,1H3,(H,23,26)(H,24,27). The lowest BCUT2D eigenvalue weighted by Gasteiger charge is -2.36. The van der Waals surface area contributed by atoms with Gasteiger partial charge in [0.15, 0.2) is 0 Å². The first-order valence-corrected chi connectivity index (χ1v) is 8.91. The van der Waals surface area contributed by atoms with E-state index in [0.717, 1.165) is 0 Å². The molecule has 1 aromatic rings. The van der Waals surface area contributed by atoms with E-state index < -0.39 is 30.7 Å². The Labute approximate surface area is 156 Å². The Hall–Kier alpha value is -2.13. The Balaban J connectivity index is 1.81. The van der Waals surface area contributed by atoms with E-state index in [0.29, 0.717) is 18.7 Å². The van der Waals surface area contributed by atoms with Crippen molar-refractivity contribution in [2.24, 2.45) is 0 Å². The topological polar surface area (TPSA) is 73.5 Å². The maximum absolute atomic E-state index is 13.3. The van der Waals surface area contributed by atoms with Gasteiger partial charge in [-0.05, 0) is 19.1 Å². The molecule has 0 spiro atoms. The summed E-state index contributed by atoms with van der Waals surface area (Å²) in [6, 6.07) is 6.30. The van der Waals surface area contributed by atoms with E-state index in [1.165, 1.54) is 4.90 Å². The van der Waals surface area contributed by atoms with E-state index in [-0.39, 0.29) is 25.4 Å². The molecule has 0 bridgehead atoms. The summed E-state index contributed by atoms with van der Waals surface area (Å²) in [5.74, 6) is -0.856. The van der Waals surface area contributed by atoms with Crippen LogP contribution in [-0.2, 0) is 4.79 Å². The molecule has 1 aliphatic heterocycles. The minimum absolute atomic E-state index is 0.0926. The summed E-state index contributed by atoms with van der Waals surface area (Å²) in [5, 5.41) is 8.03. The van der Waals surface area contributed by atoms with Gasteiger partial charge in [-0.15, -0.1) is 0 Å². The highest BCUT2D eigenvalue weighted by Gasteiger charge is 2.43. The maximum Gasteiger partial charge on any atom is 0.405 e. The van der Waals surface area contributed by atoms with Crippen molar-refractivity contribution < 1.29 is 22.8 Å². The molecule has 0 radical (unpaired) electrons. The third kappa shape index (κ3) is 6.84. The van der Waals surface area contributed by atoms with Crippen LogP contribution in [0.15, 0.2) is 30.3 Å². The number of amides is 2. The SMILES string of the molecule is CC(CC(=O)NCC(N1CCNCC1)C(F)(F)F)NC(=O)c1ccccc1. The van der Waals surface area contributed by atoms with Gasteiger partial charge >= 0.3 is 6.18 Å². The number of hydrogen-bond acceptors (Lipinski definition) is 4. The largest absolute Gasteiger partial charge is 0.405 e. The second kappa shape index (κ2) is 9.70. The van der Waals surface area contributed by atoms with Gasteiger partial charge in [0.05, 0.1) is 0 Å². The van der Waals surface area contributed by atoms with Crippen molar-refractivity contribution in [3.8, 4) is 0 Å². The minimum Gasteiger partial charge on any atom is -0.354 e. The number of nitrogens with one attached hydrogen (secondary N) is 3. The number of rotatable bonds is 7. The third-order valence-corrected chi connectivity index (χ3v) is 4.37. The van der Waals surface area contributed by atoms with Crippen molar-refractivity contribution in [2.75, 3.05) is 32.7 Å². The van der Waals surface area contributed by atoms with Gasteiger partial charge in [-0.25, -0.2) is 0 Å². The Morgan fingerprint density at radius 3 is 2.41 bits per heavy atom.